The van der Waals surface area contributed by atoms with Crippen LogP contribution in [0.5, 0.6) is 0 Å². The molecule has 1 aromatic heterocycles. The first-order valence-electron chi connectivity index (χ1n) is 9.17. The van der Waals surface area contributed by atoms with E-state index < -0.39 is 0 Å². The zero-order valence-corrected chi connectivity index (χ0v) is 19.9. The van der Waals surface area contributed by atoms with Gasteiger partial charge in [0, 0.05) is 25.5 Å². The molecule has 0 unspecified atom stereocenters. The Morgan fingerprint density at radius 1 is 0.774 bits per heavy atom. The van der Waals surface area contributed by atoms with Crippen LogP contribution in [0.4, 0.5) is 0 Å². The maximum absolute atomic E-state index is 5.98. The third kappa shape index (κ3) is 5.80. The minimum Gasteiger partial charge on any atom is -0.203 e. The van der Waals surface area contributed by atoms with Crippen LogP contribution in [0.3, 0.4) is 0 Å². The highest BCUT2D eigenvalue weighted by atomic mass is 79.9. The Morgan fingerprint density at radius 2 is 1.35 bits per heavy atom. The lowest BCUT2D eigenvalue weighted by molar-refractivity contribution is 0.838. The van der Waals surface area contributed by atoms with Gasteiger partial charge in [-0.25, -0.2) is 4.68 Å². The second-order valence-electron chi connectivity index (χ2n) is 6.41. The first-order valence-corrected chi connectivity index (χ1v) is 11.6. The van der Waals surface area contributed by atoms with E-state index in [1.807, 2.05) is 78.2 Å². The van der Waals surface area contributed by atoms with E-state index in [4.69, 9.17) is 23.2 Å². The number of nitrogens with zero attached hydrogens (tertiary/aromatic N) is 4. The van der Waals surface area contributed by atoms with Gasteiger partial charge < -0.3 is 0 Å². The molecule has 0 aliphatic carbocycles. The highest BCUT2D eigenvalue weighted by Gasteiger charge is 2.07. The van der Waals surface area contributed by atoms with E-state index in [1.165, 1.54) is 11.3 Å². The van der Waals surface area contributed by atoms with Crippen LogP contribution in [0.15, 0.2) is 98.0 Å². The fourth-order valence-corrected chi connectivity index (χ4v) is 3.98. The zero-order valence-electron chi connectivity index (χ0n) is 16.0. The largest absolute Gasteiger partial charge is 0.231 e. The van der Waals surface area contributed by atoms with Crippen molar-refractivity contribution in [2.24, 2.45) is 15.3 Å². The van der Waals surface area contributed by atoms with Crippen molar-refractivity contribution >= 4 is 62.9 Å². The molecule has 0 aliphatic rings. The van der Waals surface area contributed by atoms with E-state index in [9.17, 15) is 0 Å². The number of hydrogen-bond donors (Lipinski definition) is 0. The molecule has 0 fully saturated rings. The van der Waals surface area contributed by atoms with Gasteiger partial charge in [-0.05, 0) is 47.5 Å². The molecular weight excluding hydrogens is 515 g/mol. The molecule has 0 aliphatic heterocycles. The molecule has 0 atom stereocenters. The van der Waals surface area contributed by atoms with E-state index >= 15 is 0 Å². The minimum atomic E-state index is 0.647. The number of benzene rings is 3. The van der Waals surface area contributed by atoms with E-state index in [1.54, 1.807) is 17.1 Å². The Labute approximate surface area is 202 Å². The SMILES string of the molecule is Clc1ccc(/C=N/N=c2\scc(-c3ccc(Br)cc3)n2/N=C/c2ccc(Cl)cc2)cc1. The highest BCUT2D eigenvalue weighted by molar-refractivity contribution is 9.10. The van der Waals surface area contributed by atoms with Crippen molar-refractivity contribution in [3.8, 4) is 11.3 Å². The van der Waals surface area contributed by atoms with Crippen molar-refractivity contribution in [1.82, 2.24) is 4.68 Å². The van der Waals surface area contributed by atoms with E-state index in [0.29, 0.717) is 14.8 Å². The molecule has 0 saturated carbocycles. The summed E-state index contributed by atoms with van der Waals surface area (Å²) in [6.07, 6.45) is 3.45. The number of rotatable bonds is 5. The van der Waals surface area contributed by atoms with Gasteiger partial charge in [0.15, 0.2) is 0 Å². The van der Waals surface area contributed by atoms with E-state index in [2.05, 4.69) is 31.2 Å². The molecule has 3 aromatic carbocycles. The summed E-state index contributed by atoms with van der Waals surface area (Å²) < 4.78 is 2.79. The average Bonchev–Trinajstić information content (AvgIpc) is 3.18. The van der Waals surface area contributed by atoms with Gasteiger partial charge in [-0.3, -0.25) is 0 Å². The molecule has 4 aromatic rings. The monoisotopic (exact) mass is 528 g/mol. The van der Waals surface area contributed by atoms with Crippen LogP contribution >= 0.6 is 50.5 Å². The van der Waals surface area contributed by atoms with Crippen molar-refractivity contribution in [2.45, 2.75) is 0 Å². The number of hydrogen-bond acceptors (Lipinski definition) is 4. The summed E-state index contributed by atoms with van der Waals surface area (Å²) in [5.41, 5.74) is 3.79. The van der Waals surface area contributed by atoms with Gasteiger partial charge >= 0.3 is 0 Å². The molecule has 31 heavy (non-hydrogen) atoms. The van der Waals surface area contributed by atoms with Gasteiger partial charge in [0.05, 0.1) is 18.1 Å². The molecule has 4 nitrogen and oxygen atoms in total. The van der Waals surface area contributed by atoms with Gasteiger partial charge in [0.1, 0.15) is 0 Å². The van der Waals surface area contributed by atoms with Crippen molar-refractivity contribution in [3.63, 3.8) is 0 Å². The third-order valence-corrected chi connectivity index (χ3v) is 6.08. The third-order valence-electron chi connectivity index (χ3n) is 4.24. The minimum absolute atomic E-state index is 0.647. The van der Waals surface area contributed by atoms with Crippen molar-refractivity contribution in [1.29, 1.82) is 0 Å². The molecular formula is C23H15BrCl2N4S. The fourth-order valence-electron chi connectivity index (χ4n) is 2.67. The molecule has 0 spiro atoms. The molecule has 1 heterocycles. The Hall–Kier alpha value is -2.51. The van der Waals surface area contributed by atoms with Gasteiger partial charge in [-0.1, -0.05) is 75.5 Å². The van der Waals surface area contributed by atoms with Crippen molar-refractivity contribution in [3.05, 3.63) is 109 Å². The van der Waals surface area contributed by atoms with Gasteiger partial charge in [0.25, 0.3) is 0 Å². The zero-order chi connectivity index (χ0) is 21.6. The van der Waals surface area contributed by atoms with E-state index in [0.717, 1.165) is 26.9 Å². The predicted molar refractivity (Wildman–Crippen MR) is 134 cm³/mol. The number of aromatic nitrogens is 1. The van der Waals surface area contributed by atoms with Crippen LogP contribution in [0.25, 0.3) is 11.3 Å². The second-order valence-corrected chi connectivity index (χ2v) is 9.04. The maximum Gasteiger partial charge on any atom is 0.231 e. The number of halogens is 3. The highest BCUT2D eigenvalue weighted by Crippen LogP contribution is 2.22. The van der Waals surface area contributed by atoms with Gasteiger partial charge in [0.2, 0.25) is 4.80 Å². The molecule has 8 heteroatoms. The lowest BCUT2D eigenvalue weighted by Gasteiger charge is -2.03. The van der Waals surface area contributed by atoms with Crippen LogP contribution in [0, 0.1) is 0 Å². The Bertz CT molecular complexity index is 1290. The van der Waals surface area contributed by atoms with Crippen LogP contribution in [0.1, 0.15) is 11.1 Å². The lowest BCUT2D eigenvalue weighted by Crippen LogP contribution is -2.11. The van der Waals surface area contributed by atoms with Crippen LogP contribution in [-0.2, 0) is 0 Å². The summed E-state index contributed by atoms with van der Waals surface area (Å²) in [5, 5.41) is 16.7. The summed E-state index contributed by atoms with van der Waals surface area (Å²) in [4.78, 5) is 0.647. The van der Waals surface area contributed by atoms with Gasteiger partial charge in [-0.15, -0.1) is 16.4 Å². The van der Waals surface area contributed by atoms with Crippen molar-refractivity contribution < 1.29 is 0 Å². The first-order chi connectivity index (χ1) is 15.1. The quantitative estimate of drug-likeness (QED) is 0.195. The van der Waals surface area contributed by atoms with Crippen LogP contribution in [0.2, 0.25) is 10.0 Å². The maximum atomic E-state index is 5.98. The Morgan fingerprint density at radius 3 is 1.97 bits per heavy atom. The first kappa shape index (κ1) is 21.7. The van der Waals surface area contributed by atoms with Crippen LogP contribution < -0.4 is 4.80 Å². The molecule has 0 N–H and O–H groups in total. The summed E-state index contributed by atoms with van der Waals surface area (Å²) in [5.74, 6) is 0. The lowest BCUT2D eigenvalue weighted by atomic mass is 10.2. The van der Waals surface area contributed by atoms with Gasteiger partial charge in [-0.2, -0.15) is 10.2 Å². The summed E-state index contributed by atoms with van der Waals surface area (Å²) >= 11 is 16.9. The molecule has 154 valence electrons. The second kappa shape index (κ2) is 10.2. The molecule has 0 bridgehead atoms. The Kier molecular flexibility index (Phi) is 7.14. The summed E-state index contributed by atoms with van der Waals surface area (Å²) in [6, 6.07) is 22.9. The average molecular weight is 530 g/mol. The molecule has 0 saturated heterocycles. The van der Waals surface area contributed by atoms with Crippen molar-refractivity contribution in [2.75, 3.05) is 0 Å². The normalized spacial score (nSPS) is 12.3. The van der Waals surface area contributed by atoms with E-state index in [-0.39, 0.29) is 0 Å². The molecule has 4 rings (SSSR count). The smallest absolute Gasteiger partial charge is 0.203 e. The topological polar surface area (TPSA) is 42.0 Å². The summed E-state index contributed by atoms with van der Waals surface area (Å²) in [7, 11) is 0. The fraction of sp³-hybridized carbons (Fsp3) is 0. The predicted octanol–water partition coefficient (Wildman–Crippen LogP) is 7.10. The Balaban J connectivity index is 1.72. The molecule has 0 amide bonds. The standard InChI is InChI=1S/C23H15BrCl2N4S/c24-19-7-5-18(6-8-19)22-15-31-23(29-27-13-16-1-9-20(25)10-2-16)30(22)28-14-17-3-11-21(26)12-4-17/h1-15H/b27-13+,28-14+,29-23-. The summed E-state index contributed by atoms with van der Waals surface area (Å²) in [6.45, 7) is 0. The number of thiazole rings is 1. The van der Waals surface area contributed by atoms with Crippen LogP contribution in [-0.4, -0.2) is 17.1 Å². The molecule has 0 radical (unpaired) electrons.